The molecule has 1 fully saturated rings. The van der Waals surface area contributed by atoms with E-state index in [9.17, 15) is 18.0 Å². The van der Waals surface area contributed by atoms with Gasteiger partial charge in [-0.25, -0.2) is 13.2 Å². The van der Waals surface area contributed by atoms with Crippen LogP contribution in [0, 0.1) is 0 Å². The van der Waals surface area contributed by atoms with Gasteiger partial charge in [-0.1, -0.05) is 0 Å². The maximum Gasteiger partial charge on any atom is 0.327 e. The number of amides is 1. The Kier molecular flexibility index (Phi) is 2.66. The van der Waals surface area contributed by atoms with Gasteiger partial charge in [-0.3, -0.25) is 4.79 Å². The van der Waals surface area contributed by atoms with E-state index >= 15 is 0 Å². The maximum absolute atomic E-state index is 11.8. The van der Waals surface area contributed by atoms with Gasteiger partial charge in [-0.15, -0.1) is 0 Å². The molecule has 1 unspecified atom stereocenters. The number of carboxylic acids is 1. The first-order valence-corrected chi connectivity index (χ1v) is 6.50. The SMILES string of the molecule is O=C(O)C1CS(=O)(=O)CN1C(=O)c1ccco1. The van der Waals surface area contributed by atoms with Crippen molar-refractivity contribution in [2.75, 3.05) is 11.6 Å². The molecular formula is C9H9NO6S. The van der Waals surface area contributed by atoms with E-state index in [4.69, 9.17) is 9.52 Å². The summed E-state index contributed by atoms with van der Waals surface area (Å²) >= 11 is 0. The minimum absolute atomic E-state index is 0.0756. The summed E-state index contributed by atoms with van der Waals surface area (Å²) in [5, 5.41) is 8.87. The zero-order valence-corrected chi connectivity index (χ0v) is 9.38. The van der Waals surface area contributed by atoms with E-state index in [1.807, 2.05) is 0 Å². The predicted molar refractivity (Wildman–Crippen MR) is 55.0 cm³/mol. The topological polar surface area (TPSA) is 105 Å². The van der Waals surface area contributed by atoms with Gasteiger partial charge >= 0.3 is 5.97 Å². The normalized spacial score (nSPS) is 22.6. The number of furan rings is 1. The number of aliphatic carboxylic acids is 1. The lowest BCUT2D eigenvalue weighted by molar-refractivity contribution is -0.140. The van der Waals surface area contributed by atoms with Crippen molar-refractivity contribution in [3.8, 4) is 0 Å². The molecule has 7 nitrogen and oxygen atoms in total. The van der Waals surface area contributed by atoms with Crippen LogP contribution in [0.25, 0.3) is 0 Å². The second-order valence-corrected chi connectivity index (χ2v) is 5.72. The Morgan fingerprint density at radius 1 is 1.47 bits per heavy atom. The summed E-state index contributed by atoms with van der Waals surface area (Å²) in [4.78, 5) is 23.5. The molecule has 0 bridgehead atoms. The van der Waals surface area contributed by atoms with Gasteiger partial charge in [-0.2, -0.15) is 0 Å². The van der Waals surface area contributed by atoms with E-state index in [0.717, 1.165) is 4.90 Å². The lowest BCUT2D eigenvalue weighted by Crippen LogP contribution is -2.41. The van der Waals surface area contributed by atoms with Gasteiger partial charge in [-0.05, 0) is 12.1 Å². The van der Waals surface area contributed by atoms with Crippen molar-refractivity contribution in [2.24, 2.45) is 0 Å². The highest BCUT2D eigenvalue weighted by Crippen LogP contribution is 2.19. The third-order valence-electron chi connectivity index (χ3n) is 2.40. The van der Waals surface area contributed by atoms with Gasteiger partial charge in [0.05, 0.1) is 12.0 Å². The van der Waals surface area contributed by atoms with Crippen molar-refractivity contribution in [2.45, 2.75) is 6.04 Å². The van der Waals surface area contributed by atoms with Crippen LogP contribution >= 0.6 is 0 Å². The monoisotopic (exact) mass is 259 g/mol. The van der Waals surface area contributed by atoms with Gasteiger partial charge < -0.3 is 14.4 Å². The highest BCUT2D eigenvalue weighted by Gasteiger charge is 2.43. The van der Waals surface area contributed by atoms with Crippen LogP contribution in [0.3, 0.4) is 0 Å². The van der Waals surface area contributed by atoms with Crippen molar-refractivity contribution >= 4 is 21.7 Å². The number of rotatable bonds is 2. The van der Waals surface area contributed by atoms with Gasteiger partial charge in [0.2, 0.25) is 0 Å². The lowest BCUT2D eigenvalue weighted by atomic mass is 10.3. The molecule has 1 saturated heterocycles. The standard InChI is InChI=1S/C9H9NO6S/c11-8(7-2-1-3-16-7)10-5-17(14,15)4-6(10)9(12)13/h1-3,6H,4-5H2,(H,12,13). The van der Waals surface area contributed by atoms with E-state index in [1.54, 1.807) is 0 Å². The fourth-order valence-electron chi connectivity index (χ4n) is 1.63. The Labute approximate surface area is 96.5 Å². The molecule has 1 amide bonds. The smallest absolute Gasteiger partial charge is 0.327 e. The number of carboxylic acid groups (broad SMARTS) is 1. The Morgan fingerprint density at radius 2 is 2.18 bits per heavy atom. The molecular weight excluding hydrogens is 250 g/mol. The summed E-state index contributed by atoms with van der Waals surface area (Å²) in [7, 11) is -3.54. The number of carbonyl (C=O) groups is 2. The molecule has 0 saturated carbocycles. The molecule has 1 aromatic heterocycles. The van der Waals surface area contributed by atoms with Crippen molar-refractivity contribution in [1.29, 1.82) is 0 Å². The minimum atomic E-state index is -3.54. The van der Waals surface area contributed by atoms with Crippen molar-refractivity contribution < 1.29 is 27.5 Å². The summed E-state index contributed by atoms with van der Waals surface area (Å²) < 4.78 is 27.5. The first-order valence-electron chi connectivity index (χ1n) is 4.68. The number of nitrogens with zero attached hydrogens (tertiary/aromatic N) is 1. The average molecular weight is 259 g/mol. The third-order valence-corrected chi connectivity index (χ3v) is 3.90. The van der Waals surface area contributed by atoms with Gasteiger partial charge in [0.25, 0.3) is 5.91 Å². The Balaban J connectivity index is 2.31. The van der Waals surface area contributed by atoms with Crippen LogP contribution < -0.4 is 0 Å². The number of hydrogen-bond donors (Lipinski definition) is 1. The average Bonchev–Trinajstić information content (AvgIpc) is 2.83. The quantitative estimate of drug-likeness (QED) is 0.772. The van der Waals surface area contributed by atoms with E-state index in [1.165, 1.54) is 18.4 Å². The molecule has 2 rings (SSSR count). The van der Waals surface area contributed by atoms with Crippen molar-refractivity contribution in [1.82, 2.24) is 4.90 Å². The number of sulfone groups is 1. The summed E-state index contributed by atoms with van der Waals surface area (Å²) in [6, 6.07) is 1.47. The molecule has 0 radical (unpaired) electrons. The van der Waals surface area contributed by atoms with Crippen LogP contribution in [-0.2, 0) is 14.6 Å². The highest BCUT2D eigenvalue weighted by molar-refractivity contribution is 7.91. The summed E-state index contributed by atoms with van der Waals surface area (Å²) in [6.07, 6.45) is 1.26. The second-order valence-electron chi connectivity index (χ2n) is 3.65. The maximum atomic E-state index is 11.8. The molecule has 1 aromatic rings. The first kappa shape index (κ1) is 11.6. The minimum Gasteiger partial charge on any atom is -0.480 e. The highest BCUT2D eigenvalue weighted by atomic mass is 32.2. The van der Waals surface area contributed by atoms with Gasteiger partial charge in [0, 0.05) is 0 Å². The van der Waals surface area contributed by atoms with Crippen LogP contribution in [0.2, 0.25) is 0 Å². The van der Waals surface area contributed by atoms with Gasteiger partial charge in [0.15, 0.2) is 15.6 Å². The summed E-state index contributed by atoms with van der Waals surface area (Å²) in [6.45, 7) is 0. The predicted octanol–water partition coefficient (Wildman–Crippen LogP) is -0.439. The molecule has 1 aliphatic rings. The van der Waals surface area contributed by atoms with E-state index in [0.29, 0.717) is 0 Å². The molecule has 0 aromatic carbocycles. The van der Waals surface area contributed by atoms with Crippen LogP contribution in [0.5, 0.6) is 0 Å². The third kappa shape index (κ3) is 2.16. The molecule has 2 heterocycles. The molecule has 17 heavy (non-hydrogen) atoms. The lowest BCUT2D eigenvalue weighted by Gasteiger charge is -2.17. The fraction of sp³-hybridized carbons (Fsp3) is 0.333. The van der Waals surface area contributed by atoms with E-state index in [2.05, 4.69) is 0 Å². The summed E-state index contributed by atoms with van der Waals surface area (Å²) in [5.74, 6) is -3.30. The number of carbonyl (C=O) groups excluding carboxylic acids is 1. The molecule has 8 heteroatoms. The zero-order chi connectivity index (χ0) is 12.6. The van der Waals surface area contributed by atoms with Crippen LogP contribution in [-0.4, -0.2) is 48.0 Å². The number of hydrogen-bond acceptors (Lipinski definition) is 5. The fourth-order valence-corrected chi connectivity index (χ4v) is 3.26. The Morgan fingerprint density at radius 3 is 2.71 bits per heavy atom. The largest absolute Gasteiger partial charge is 0.480 e. The molecule has 0 aliphatic carbocycles. The zero-order valence-electron chi connectivity index (χ0n) is 8.57. The molecule has 92 valence electrons. The molecule has 0 spiro atoms. The first-order chi connectivity index (χ1) is 7.91. The van der Waals surface area contributed by atoms with Crippen molar-refractivity contribution in [3.05, 3.63) is 24.2 Å². The van der Waals surface area contributed by atoms with Crippen LogP contribution in [0.15, 0.2) is 22.8 Å². The molecule has 1 aliphatic heterocycles. The van der Waals surface area contributed by atoms with Gasteiger partial charge in [0.1, 0.15) is 11.9 Å². The second kappa shape index (κ2) is 3.88. The van der Waals surface area contributed by atoms with Crippen LogP contribution in [0.1, 0.15) is 10.6 Å². The Hall–Kier alpha value is -1.83. The molecule has 1 atom stereocenters. The van der Waals surface area contributed by atoms with E-state index < -0.39 is 39.4 Å². The van der Waals surface area contributed by atoms with E-state index in [-0.39, 0.29) is 5.76 Å². The van der Waals surface area contributed by atoms with Crippen LogP contribution in [0.4, 0.5) is 0 Å². The molecule has 1 N–H and O–H groups in total. The Bertz CT molecular complexity index is 546. The summed E-state index contributed by atoms with van der Waals surface area (Å²) in [5.41, 5.74) is 0. The van der Waals surface area contributed by atoms with Crippen molar-refractivity contribution in [3.63, 3.8) is 0 Å².